The average molecular weight is 220 g/mol. The zero-order valence-corrected chi connectivity index (χ0v) is 9.92. The fourth-order valence-electron chi connectivity index (χ4n) is 1.46. The predicted molar refractivity (Wildman–Crippen MR) is 62.4 cm³/mol. The van der Waals surface area contributed by atoms with Crippen molar-refractivity contribution in [1.29, 1.82) is 5.26 Å². The van der Waals surface area contributed by atoms with E-state index in [2.05, 4.69) is 18.3 Å². The summed E-state index contributed by atoms with van der Waals surface area (Å²) in [6.07, 6.45) is 0.957. The molecule has 1 rings (SSSR count). The summed E-state index contributed by atoms with van der Waals surface area (Å²) in [7, 11) is 0. The molecule has 0 saturated carbocycles. The first-order valence-electron chi connectivity index (χ1n) is 5.50. The van der Waals surface area contributed by atoms with E-state index in [9.17, 15) is 4.39 Å². The van der Waals surface area contributed by atoms with Crippen LogP contribution in [-0.4, -0.2) is 6.04 Å². The maximum Gasteiger partial charge on any atom is 0.126 e. The molecule has 1 N–H and O–H groups in total. The third kappa shape index (κ3) is 3.04. The lowest BCUT2D eigenvalue weighted by Gasteiger charge is -2.17. The molecule has 16 heavy (non-hydrogen) atoms. The van der Waals surface area contributed by atoms with Crippen molar-refractivity contribution < 1.29 is 4.39 Å². The lowest BCUT2D eigenvalue weighted by molar-refractivity contribution is 0.500. The molecule has 0 radical (unpaired) electrons. The number of hydrogen-bond acceptors (Lipinski definition) is 2. The van der Waals surface area contributed by atoms with Gasteiger partial charge in [-0.25, -0.2) is 4.39 Å². The fourth-order valence-corrected chi connectivity index (χ4v) is 1.46. The van der Waals surface area contributed by atoms with Gasteiger partial charge in [0.05, 0.1) is 6.07 Å². The van der Waals surface area contributed by atoms with Crippen molar-refractivity contribution in [2.75, 3.05) is 0 Å². The van der Waals surface area contributed by atoms with Crippen LogP contribution in [0.25, 0.3) is 0 Å². The molecule has 86 valence electrons. The SMILES string of the molecule is CCC(C)NC(C#N)c1ccc(F)c(C)c1. The fraction of sp³-hybridized carbons (Fsp3) is 0.462. The third-order valence-electron chi connectivity index (χ3n) is 2.71. The molecule has 2 nitrogen and oxygen atoms in total. The van der Waals surface area contributed by atoms with E-state index in [1.165, 1.54) is 6.07 Å². The van der Waals surface area contributed by atoms with Gasteiger partial charge in [0.1, 0.15) is 11.9 Å². The minimum atomic E-state index is -0.366. The van der Waals surface area contributed by atoms with E-state index in [0.29, 0.717) is 5.56 Å². The number of nitriles is 1. The molecule has 0 aromatic heterocycles. The molecular weight excluding hydrogens is 203 g/mol. The molecule has 0 aliphatic carbocycles. The van der Waals surface area contributed by atoms with E-state index >= 15 is 0 Å². The second-order valence-electron chi connectivity index (χ2n) is 4.05. The third-order valence-corrected chi connectivity index (χ3v) is 2.71. The van der Waals surface area contributed by atoms with Crippen molar-refractivity contribution in [2.24, 2.45) is 0 Å². The molecule has 0 fully saturated rings. The zero-order chi connectivity index (χ0) is 12.1. The molecule has 0 amide bonds. The second kappa shape index (κ2) is 5.62. The summed E-state index contributed by atoms with van der Waals surface area (Å²) >= 11 is 0. The van der Waals surface area contributed by atoms with Gasteiger partial charge in [-0.05, 0) is 37.5 Å². The Morgan fingerprint density at radius 1 is 1.50 bits per heavy atom. The van der Waals surface area contributed by atoms with E-state index in [1.807, 2.05) is 6.92 Å². The van der Waals surface area contributed by atoms with Crippen molar-refractivity contribution >= 4 is 0 Å². The van der Waals surface area contributed by atoms with Gasteiger partial charge >= 0.3 is 0 Å². The van der Waals surface area contributed by atoms with Gasteiger partial charge in [-0.1, -0.05) is 19.1 Å². The highest BCUT2D eigenvalue weighted by atomic mass is 19.1. The van der Waals surface area contributed by atoms with Crippen molar-refractivity contribution in [3.8, 4) is 6.07 Å². The van der Waals surface area contributed by atoms with Crippen LogP contribution in [0.1, 0.15) is 37.4 Å². The summed E-state index contributed by atoms with van der Waals surface area (Å²) in [6, 6.07) is 6.89. The van der Waals surface area contributed by atoms with Gasteiger partial charge in [-0.15, -0.1) is 0 Å². The van der Waals surface area contributed by atoms with Gasteiger partial charge in [-0.2, -0.15) is 5.26 Å². The topological polar surface area (TPSA) is 35.8 Å². The highest BCUT2D eigenvalue weighted by Gasteiger charge is 2.13. The molecule has 0 bridgehead atoms. The van der Waals surface area contributed by atoms with Crippen LogP contribution in [-0.2, 0) is 0 Å². The largest absolute Gasteiger partial charge is 0.296 e. The molecule has 3 heteroatoms. The van der Waals surface area contributed by atoms with Gasteiger partial charge < -0.3 is 0 Å². The van der Waals surface area contributed by atoms with Gasteiger partial charge in [0.15, 0.2) is 0 Å². The highest BCUT2D eigenvalue weighted by molar-refractivity contribution is 5.29. The van der Waals surface area contributed by atoms with Crippen molar-refractivity contribution in [2.45, 2.75) is 39.3 Å². The monoisotopic (exact) mass is 220 g/mol. The van der Waals surface area contributed by atoms with Gasteiger partial charge in [0.2, 0.25) is 0 Å². The second-order valence-corrected chi connectivity index (χ2v) is 4.05. The standard InChI is InChI=1S/C13H17FN2/c1-4-10(3)16-13(8-15)11-5-6-12(14)9(2)7-11/h5-7,10,13,16H,4H2,1-3H3. The Kier molecular flexibility index (Phi) is 4.45. The van der Waals surface area contributed by atoms with Crippen LogP contribution in [0.3, 0.4) is 0 Å². The first kappa shape index (κ1) is 12.7. The lowest BCUT2D eigenvalue weighted by atomic mass is 10.0. The molecule has 0 aliphatic rings. The van der Waals surface area contributed by atoms with Crippen LogP contribution < -0.4 is 5.32 Å². The summed E-state index contributed by atoms with van der Waals surface area (Å²) in [5, 5.41) is 12.3. The number of nitrogens with one attached hydrogen (secondary N) is 1. The predicted octanol–water partition coefficient (Wildman–Crippen LogP) is 3.09. The number of rotatable bonds is 4. The Labute approximate surface area is 96.1 Å². The summed E-state index contributed by atoms with van der Waals surface area (Å²) in [5.41, 5.74) is 1.39. The Balaban J connectivity index is 2.88. The van der Waals surface area contributed by atoms with Crippen LogP contribution in [0.4, 0.5) is 4.39 Å². The number of benzene rings is 1. The van der Waals surface area contributed by atoms with Crippen molar-refractivity contribution in [3.63, 3.8) is 0 Å². The van der Waals surface area contributed by atoms with Crippen LogP contribution >= 0.6 is 0 Å². The van der Waals surface area contributed by atoms with Gasteiger partial charge in [0.25, 0.3) is 0 Å². The first-order chi connectivity index (χ1) is 7.58. The lowest BCUT2D eigenvalue weighted by Crippen LogP contribution is -2.29. The van der Waals surface area contributed by atoms with Gasteiger partial charge in [0, 0.05) is 6.04 Å². The Hall–Kier alpha value is -1.40. The normalized spacial score (nSPS) is 14.2. The zero-order valence-electron chi connectivity index (χ0n) is 9.92. The number of nitrogens with zero attached hydrogens (tertiary/aromatic N) is 1. The smallest absolute Gasteiger partial charge is 0.126 e. The Morgan fingerprint density at radius 3 is 2.69 bits per heavy atom. The minimum Gasteiger partial charge on any atom is -0.296 e. The number of halogens is 1. The number of aryl methyl sites for hydroxylation is 1. The van der Waals surface area contributed by atoms with E-state index in [1.54, 1.807) is 19.1 Å². The minimum absolute atomic E-state index is 0.232. The van der Waals surface area contributed by atoms with Crippen LogP contribution in [0.2, 0.25) is 0 Å². The van der Waals surface area contributed by atoms with Crippen LogP contribution in [0.15, 0.2) is 18.2 Å². The van der Waals surface area contributed by atoms with Gasteiger partial charge in [-0.3, -0.25) is 5.32 Å². The molecule has 0 heterocycles. The molecule has 1 aromatic rings. The molecule has 1 aromatic carbocycles. The first-order valence-corrected chi connectivity index (χ1v) is 5.50. The molecule has 0 aliphatic heterocycles. The molecular formula is C13H17FN2. The maximum atomic E-state index is 13.1. The van der Waals surface area contributed by atoms with E-state index in [-0.39, 0.29) is 17.9 Å². The maximum absolute atomic E-state index is 13.1. The Morgan fingerprint density at radius 2 is 2.19 bits per heavy atom. The molecule has 2 atom stereocenters. The number of hydrogen-bond donors (Lipinski definition) is 1. The molecule has 2 unspecified atom stereocenters. The summed E-state index contributed by atoms with van der Waals surface area (Å²) in [6.45, 7) is 5.79. The quantitative estimate of drug-likeness (QED) is 0.846. The van der Waals surface area contributed by atoms with Crippen LogP contribution in [0, 0.1) is 24.1 Å². The summed E-state index contributed by atoms with van der Waals surface area (Å²) < 4.78 is 13.1. The van der Waals surface area contributed by atoms with E-state index < -0.39 is 0 Å². The van der Waals surface area contributed by atoms with Crippen molar-refractivity contribution in [3.05, 3.63) is 35.1 Å². The molecule has 0 saturated heterocycles. The summed E-state index contributed by atoms with van der Waals surface area (Å²) in [4.78, 5) is 0. The van der Waals surface area contributed by atoms with E-state index in [0.717, 1.165) is 12.0 Å². The highest BCUT2D eigenvalue weighted by Crippen LogP contribution is 2.17. The summed E-state index contributed by atoms with van der Waals surface area (Å²) in [5.74, 6) is -0.232. The van der Waals surface area contributed by atoms with Crippen LogP contribution in [0.5, 0.6) is 0 Å². The van der Waals surface area contributed by atoms with Crippen molar-refractivity contribution in [1.82, 2.24) is 5.32 Å². The van der Waals surface area contributed by atoms with E-state index in [4.69, 9.17) is 5.26 Å². The molecule has 0 spiro atoms. The average Bonchev–Trinajstić information content (AvgIpc) is 2.29. The Bertz CT molecular complexity index is 395.